The summed E-state index contributed by atoms with van der Waals surface area (Å²) in [4.78, 5) is 11.7. The molecule has 1 saturated heterocycles. The van der Waals surface area contributed by atoms with E-state index in [9.17, 15) is 4.79 Å². The predicted molar refractivity (Wildman–Crippen MR) is 66.7 cm³/mol. The van der Waals surface area contributed by atoms with Gasteiger partial charge in [-0.05, 0) is 49.5 Å². The van der Waals surface area contributed by atoms with Crippen LogP contribution < -0.4 is 0 Å². The van der Waals surface area contributed by atoms with Crippen molar-refractivity contribution >= 4 is 5.78 Å². The lowest BCUT2D eigenvalue weighted by atomic mass is 9.57. The number of epoxide rings is 1. The summed E-state index contributed by atoms with van der Waals surface area (Å²) in [5, 5.41) is 0. The van der Waals surface area contributed by atoms with Crippen LogP contribution in [0.2, 0.25) is 0 Å². The molecule has 2 heteroatoms. The summed E-state index contributed by atoms with van der Waals surface area (Å²) in [5.74, 6) is 1.50. The van der Waals surface area contributed by atoms with Crippen LogP contribution in [-0.2, 0) is 9.53 Å². The second-order valence-corrected chi connectivity index (χ2v) is 6.70. The first-order valence-electron chi connectivity index (χ1n) is 6.82. The Morgan fingerprint density at radius 1 is 1.41 bits per heavy atom. The SMILES string of the molecule is C[C@@H]1CC(=O)C=C2CCC(C3(C)CO3)C[C@]21C. The third-order valence-electron chi connectivity index (χ3n) is 5.56. The first kappa shape index (κ1) is 11.5. The Labute approximate surface area is 103 Å². The van der Waals surface area contributed by atoms with Crippen molar-refractivity contribution in [3.8, 4) is 0 Å². The van der Waals surface area contributed by atoms with E-state index in [1.807, 2.05) is 6.08 Å². The van der Waals surface area contributed by atoms with Crippen LogP contribution in [0.5, 0.6) is 0 Å². The summed E-state index contributed by atoms with van der Waals surface area (Å²) in [6, 6.07) is 0. The van der Waals surface area contributed by atoms with Crippen molar-refractivity contribution in [1.82, 2.24) is 0 Å². The number of allylic oxidation sites excluding steroid dienone is 2. The van der Waals surface area contributed by atoms with Gasteiger partial charge in [0, 0.05) is 6.42 Å². The lowest BCUT2D eigenvalue weighted by Crippen LogP contribution is -2.41. The molecule has 0 radical (unpaired) electrons. The second kappa shape index (κ2) is 3.44. The van der Waals surface area contributed by atoms with E-state index in [-0.39, 0.29) is 11.0 Å². The molecule has 94 valence electrons. The number of rotatable bonds is 1. The molecule has 0 aromatic carbocycles. The minimum atomic E-state index is 0.149. The van der Waals surface area contributed by atoms with Crippen molar-refractivity contribution in [2.45, 2.75) is 52.1 Å². The average Bonchev–Trinajstić information content (AvgIpc) is 2.99. The molecule has 1 aliphatic heterocycles. The third kappa shape index (κ3) is 1.69. The molecule has 2 unspecified atom stereocenters. The predicted octanol–water partition coefficient (Wildman–Crippen LogP) is 3.12. The molecule has 17 heavy (non-hydrogen) atoms. The molecule has 0 N–H and O–H groups in total. The fourth-order valence-corrected chi connectivity index (χ4v) is 3.77. The molecule has 4 atom stereocenters. The first-order valence-corrected chi connectivity index (χ1v) is 6.82. The molecule has 2 fully saturated rings. The zero-order valence-electron chi connectivity index (χ0n) is 11.1. The number of ketones is 1. The fraction of sp³-hybridized carbons (Fsp3) is 0.800. The van der Waals surface area contributed by atoms with Gasteiger partial charge < -0.3 is 4.74 Å². The number of hydrogen-bond acceptors (Lipinski definition) is 2. The molecule has 0 aromatic heterocycles. The molecule has 3 rings (SSSR count). The van der Waals surface area contributed by atoms with E-state index in [1.54, 1.807) is 0 Å². The molecule has 2 aliphatic carbocycles. The number of fused-ring (bicyclic) bond motifs is 1. The molecule has 3 aliphatic rings. The second-order valence-electron chi connectivity index (χ2n) is 6.70. The van der Waals surface area contributed by atoms with Gasteiger partial charge in [-0.1, -0.05) is 19.4 Å². The highest BCUT2D eigenvalue weighted by atomic mass is 16.6. The van der Waals surface area contributed by atoms with E-state index in [4.69, 9.17) is 4.74 Å². The minimum absolute atomic E-state index is 0.149. The van der Waals surface area contributed by atoms with Crippen LogP contribution in [0.1, 0.15) is 46.5 Å². The molecule has 1 saturated carbocycles. The topological polar surface area (TPSA) is 29.6 Å². The smallest absolute Gasteiger partial charge is 0.155 e. The molecule has 0 aromatic rings. The molecule has 0 spiro atoms. The molecular weight excluding hydrogens is 212 g/mol. The van der Waals surface area contributed by atoms with Gasteiger partial charge >= 0.3 is 0 Å². The third-order valence-corrected chi connectivity index (χ3v) is 5.56. The van der Waals surface area contributed by atoms with Gasteiger partial charge in [0.1, 0.15) is 0 Å². The van der Waals surface area contributed by atoms with Gasteiger partial charge in [-0.2, -0.15) is 0 Å². The molecule has 2 nitrogen and oxygen atoms in total. The number of hydrogen-bond donors (Lipinski definition) is 0. The Balaban J connectivity index is 1.88. The van der Waals surface area contributed by atoms with Crippen molar-refractivity contribution < 1.29 is 9.53 Å². The Morgan fingerprint density at radius 3 is 2.76 bits per heavy atom. The highest BCUT2D eigenvalue weighted by Crippen LogP contribution is 2.55. The summed E-state index contributed by atoms with van der Waals surface area (Å²) in [6.07, 6.45) is 6.15. The Morgan fingerprint density at radius 2 is 2.12 bits per heavy atom. The standard InChI is InChI=1S/C15H22O2/c1-10-6-13(16)7-11-4-5-12(8-14(10,11)2)15(3)9-17-15/h7,10,12H,4-6,8-9H2,1-3H3/t10-,12?,14+,15?/m1/s1. The number of carbonyl (C=O) groups excluding carboxylic acids is 1. The molecule has 0 bridgehead atoms. The summed E-state index contributed by atoms with van der Waals surface area (Å²) >= 11 is 0. The van der Waals surface area contributed by atoms with Gasteiger partial charge in [0.25, 0.3) is 0 Å². The number of carbonyl (C=O) groups is 1. The summed E-state index contributed by atoms with van der Waals surface area (Å²) in [7, 11) is 0. The van der Waals surface area contributed by atoms with E-state index in [1.165, 1.54) is 18.4 Å². The highest BCUT2D eigenvalue weighted by Gasteiger charge is 2.53. The number of ether oxygens (including phenoxy) is 1. The van der Waals surface area contributed by atoms with Crippen molar-refractivity contribution in [2.75, 3.05) is 6.61 Å². The molecule has 0 amide bonds. The molecule has 1 heterocycles. The van der Waals surface area contributed by atoms with E-state index >= 15 is 0 Å². The quantitative estimate of drug-likeness (QED) is 0.652. The van der Waals surface area contributed by atoms with E-state index in [0.29, 0.717) is 17.6 Å². The van der Waals surface area contributed by atoms with E-state index < -0.39 is 0 Å². The van der Waals surface area contributed by atoms with Crippen LogP contribution in [0.3, 0.4) is 0 Å². The van der Waals surface area contributed by atoms with Crippen LogP contribution in [0, 0.1) is 17.3 Å². The Hall–Kier alpha value is -0.630. The molecular formula is C15H22O2. The Bertz CT molecular complexity index is 392. The van der Waals surface area contributed by atoms with Gasteiger partial charge in [0.05, 0.1) is 12.2 Å². The van der Waals surface area contributed by atoms with Crippen molar-refractivity contribution in [2.24, 2.45) is 17.3 Å². The summed E-state index contributed by atoms with van der Waals surface area (Å²) in [6.45, 7) is 7.77. The zero-order valence-corrected chi connectivity index (χ0v) is 11.1. The van der Waals surface area contributed by atoms with Crippen LogP contribution >= 0.6 is 0 Å². The van der Waals surface area contributed by atoms with E-state index in [2.05, 4.69) is 20.8 Å². The van der Waals surface area contributed by atoms with Gasteiger partial charge in [-0.3, -0.25) is 4.79 Å². The highest BCUT2D eigenvalue weighted by molar-refractivity contribution is 5.92. The van der Waals surface area contributed by atoms with Gasteiger partial charge in [0.2, 0.25) is 0 Å². The summed E-state index contributed by atoms with van der Waals surface area (Å²) in [5.41, 5.74) is 1.79. The van der Waals surface area contributed by atoms with Crippen LogP contribution in [0.4, 0.5) is 0 Å². The average molecular weight is 234 g/mol. The maximum absolute atomic E-state index is 11.7. The lowest BCUT2D eigenvalue weighted by Gasteiger charge is -2.47. The largest absolute Gasteiger partial charge is 0.370 e. The van der Waals surface area contributed by atoms with Crippen LogP contribution in [-0.4, -0.2) is 18.0 Å². The van der Waals surface area contributed by atoms with Gasteiger partial charge in [-0.25, -0.2) is 0 Å². The van der Waals surface area contributed by atoms with Crippen molar-refractivity contribution in [1.29, 1.82) is 0 Å². The normalized spacial score (nSPS) is 49.6. The van der Waals surface area contributed by atoms with Crippen LogP contribution in [0.25, 0.3) is 0 Å². The maximum atomic E-state index is 11.7. The monoisotopic (exact) mass is 234 g/mol. The minimum Gasteiger partial charge on any atom is -0.370 e. The van der Waals surface area contributed by atoms with Gasteiger partial charge in [-0.15, -0.1) is 0 Å². The van der Waals surface area contributed by atoms with Gasteiger partial charge in [0.15, 0.2) is 5.78 Å². The van der Waals surface area contributed by atoms with E-state index in [0.717, 1.165) is 19.4 Å². The zero-order chi connectivity index (χ0) is 12.3. The lowest BCUT2D eigenvalue weighted by molar-refractivity contribution is -0.117. The van der Waals surface area contributed by atoms with Crippen molar-refractivity contribution in [3.63, 3.8) is 0 Å². The van der Waals surface area contributed by atoms with Crippen molar-refractivity contribution in [3.05, 3.63) is 11.6 Å². The van der Waals surface area contributed by atoms with Crippen LogP contribution in [0.15, 0.2) is 11.6 Å². The fourth-order valence-electron chi connectivity index (χ4n) is 3.77. The first-order chi connectivity index (χ1) is 7.94. The maximum Gasteiger partial charge on any atom is 0.155 e. The summed E-state index contributed by atoms with van der Waals surface area (Å²) < 4.78 is 5.63. The Kier molecular flexibility index (Phi) is 2.32.